The number of hydrogen-bond donors (Lipinski definition) is 1. The van der Waals surface area contributed by atoms with Crippen molar-refractivity contribution in [2.75, 3.05) is 26.2 Å². The summed E-state index contributed by atoms with van der Waals surface area (Å²) in [4.78, 5) is 2.19. The summed E-state index contributed by atoms with van der Waals surface area (Å²) in [5.74, 6) is 1.80. The van der Waals surface area contributed by atoms with Gasteiger partial charge >= 0.3 is 6.18 Å². The number of nitrogens with zero attached hydrogens (tertiary/aromatic N) is 1. The number of piperidine rings is 1. The average molecular weight is 514 g/mol. The Morgan fingerprint density at radius 3 is 2.33 bits per heavy atom. The quantitative estimate of drug-likeness (QED) is 0.272. The van der Waals surface area contributed by atoms with Crippen LogP contribution in [-0.4, -0.2) is 36.2 Å². The number of aromatic hydroxyl groups is 1. The maximum absolute atomic E-state index is 13.2. The van der Waals surface area contributed by atoms with Crippen LogP contribution in [0.1, 0.15) is 24.1 Å². The van der Waals surface area contributed by atoms with E-state index in [1.54, 1.807) is 36.4 Å². The molecule has 1 aliphatic heterocycles. The number of benzene rings is 3. The van der Waals surface area contributed by atoms with Gasteiger partial charge in [-0.25, -0.2) is 0 Å². The minimum absolute atomic E-state index is 0.0998. The van der Waals surface area contributed by atoms with Crippen LogP contribution in [0, 0.1) is 0 Å². The highest BCUT2D eigenvalue weighted by atomic mass is 32.1. The van der Waals surface area contributed by atoms with Crippen LogP contribution in [-0.2, 0) is 6.18 Å². The molecule has 0 radical (unpaired) electrons. The van der Waals surface area contributed by atoms with Crippen molar-refractivity contribution < 1.29 is 27.8 Å². The molecule has 1 fully saturated rings. The largest absolute Gasteiger partial charge is 0.508 e. The first-order valence-electron chi connectivity index (χ1n) is 11.9. The van der Waals surface area contributed by atoms with Gasteiger partial charge in [-0.2, -0.15) is 13.2 Å². The second kappa shape index (κ2) is 10.4. The van der Waals surface area contributed by atoms with Crippen LogP contribution in [0.4, 0.5) is 13.2 Å². The molecule has 0 saturated carbocycles. The van der Waals surface area contributed by atoms with Crippen LogP contribution in [0.15, 0.2) is 66.7 Å². The van der Waals surface area contributed by atoms with Gasteiger partial charge in [0.2, 0.25) is 0 Å². The Morgan fingerprint density at radius 2 is 1.61 bits per heavy atom. The van der Waals surface area contributed by atoms with Gasteiger partial charge in [-0.05, 0) is 92.0 Å². The summed E-state index contributed by atoms with van der Waals surface area (Å²) in [6.07, 6.45) is -0.625. The van der Waals surface area contributed by atoms with E-state index in [4.69, 9.17) is 9.47 Å². The van der Waals surface area contributed by atoms with E-state index in [9.17, 15) is 18.3 Å². The summed E-state index contributed by atoms with van der Waals surface area (Å²) in [7, 11) is 0. The molecule has 5 rings (SSSR count). The number of likely N-dealkylation sites (tertiary alicyclic amines) is 1. The molecule has 4 aromatic rings. The van der Waals surface area contributed by atoms with Gasteiger partial charge in [0.05, 0.1) is 0 Å². The summed E-state index contributed by atoms with van der Waals surface area (Å²) >= 11 is 0.674. The first-order chi connectivity index (χ1) is 17.4. The lowest BCUT2D eigenvalue weighted by Crippen LogP contribution is -2.33. The number of fused-ring (bicyclic) bond motifs is 1. The summed E-state index contributed by atoms with van der Waals surface area (Å²) in [6.45, 7) is 3.74. The molecule has 0 spiro atoms. The molecule has 1 aromatic heterocycles. The normalized spacial score (nSPS) is 14.8. The van der Waals surface area contributed by atoms with E-state index >= 15 is 0 Å². The van der Waals surface area contributed by atoms with Crippen molar-refractivity contribution in [3.8, 4) is 33.4 Å². The Hall–Kier alpha value is -3.23. The van der Waals surface area contributed by atoms with Gasteiger partial charge in [0.1, 0.15) is 34.5 Å². The molecule has 4 nitrogen and oxygen atoms in total. The molecular weight excluding hydrogens is 487 g/mol. The Morgan fingerprint density at radius 1 is 0.861 bits per heavy atom. The van der Waals surface area contributed by atoms with Crippen molar-refractivity contribution in [3.63, 3.8) is 0 Å². The fraction of sp³-hybridized carbons (Fsp3) is 0.286. The second-order valence-corrected chi connectivity index (χ2v) is 9.92. The first kappa shape index (κ1) is 24.5. The second-order valence-electron chi connectivity index (χ2n) is 8.83. The van der Waals surface area contributed by atoms with Crippen molar-refractivity contribution >= 4 is 22.1 Å². The van der Waals surface area contributed by atoms with E-state index in [1.165, 1.54) is 31.4 Å². The number of phenols is 1. The van der Waals surface area contributed by atoms with Crippen molar-refractivity contribution in [2.45, 2.75) is 25.4 Å². The molecule has 1 saturated heterocycles. The topological polar surface area (TPSA) is 41.9 Å². The van der Waals surface area contributed by atoms with Gasteiger partial charge < -0.3 is 14.6 Å². The summed E-state index contributed by atoms with van der Waals surface area (Å²) in [6, 6.07) is 18.1. The van der Waals surface area contributed by atoms with Crippen LogP contribution in [0.5, 0.6) is 23.0 Å². The van der Waals surface area contributed by atoms with Gasteiger partial charge in [-0.15, -0.1) is 11.3 Å². The molecule has 0 bridgehead atoms. The van der Waals surface area contributed by atoms with E-state index in [1.807, 2.05) is 12.1 Å². The third-order valence-corrected chi connectivity index (χ3v) is 7.44. The highest BCUT2D eigenvalue weighted by Gasteiger charge is 2.33. The van der Waals surface area contributed by atoms with Crippen LogP contribution in [0.3, 0.4) is 0 Å². The zero-order valence-electron chi connectivity index (χ0n) is 19.6. The number of thiophene rings is 1. The Bertz CT molecular complexity index is 1330. The number of halogens is 3. The first-order valence-corrected chi connectivity index (χ1v) is 12.7. The van der Waals surface area contributed by atoms with Gasteiger partial charge in [0.15, 0.2) is 0 Å². The molecule has 36 heavy (non-hydrogen) atoms. The number of phenolic OH excluding ortho intramolecular Hbond substituents is 1. The fourth-order valence-corrected chi connectivity index (χ4v) is 5.32. The molecule has 0 atom stereocenters. The van der Waals surface area contributed by atoms with Crippen molar-refractivity contribution in [2.24, 2.45) is 0 Å². The van der Waals surface area contributed by atoms with Gasteiger partial charge in [0, 0.05) is 22.4 Å². The molecule has 3 aromatic carbocycles. The van der Waals surface area contributed by atoms with Gasteiger partial charge in [-0.1, -0.05) is 12.5 Å². The maximum Gasteiger partial charge on any atom is 0.425 e. The molecule has 1 aliphatic rings. The Labute approximate surface area is 211 Å². The fourth-order valence-electron chi connectivity index (χ4n) is 4.43. The van der Waals surface area contributed by atoms with E-state index in [0.29, 0.717) is 45.3 Å². The zero-order valence-corrected chi connectivity index (χ0v) is 20.4. The lowest BCUT2D eigenvalue weighted by molar-refractivity contribution is -0.134. The molecule has 0 unspecified atom stereocenters. The predicted molar refractivity (Wildman–Crippen MR) is 136 cm³/mol. The van der Waals surface area contributed by atoms with Crippen molar-refractivity contribution in [1.29, 1.82) is 0 Å². The standard InChI is InChI=1S/C28H26F3NO3S/c29-28(30,31)26-13-12-25(36-26)24-10-4-19-18-20(33)5-11-23(19)27(24)35-22-8-6-21(7-9-22)34-17-16-32-14-2-1-3-15-32/h4-13,18,33H,1-3,14-17H2. The monoisotopic (exact) mass is 513 g/mol. The highest BCUT2D eigenvalue weighted by Crippen LogP contribution is 2.45. The molecule has 0 aliphatic carbocycles. The van der Waals surface area contributed by atoms with E-state index in [0.717, 1.165) is 36.8 Å². The van der Waals surface area contributed by atoms with Crippen molar-refractivity contribution in [1.82, 2.24) is 4.90 Å². The van der Waals surface area contributed by atoms with Crippen LogP contribution >= 0.6 is 11.3 Å². The third-order valence-electron chi connectivity index (χ3n) is 6.27. The number of rotatable bonds is 7. The van der Waals surface area contributed by atoms with E-state index in [-0.39, 0.29) is 5.75 Å². The Balaban J connectivity index is 1.38. The molecular formula is C28H26F3NO3S. The van der Waals surface area contributed by atoms with E-state index in [2.05, 4.69) is 4.90 Å². The SMILES string of the molecule is Oc1ccc2c(Oc3ccc(OCCN4CCCCC4)cc3)c(-c3ccc(C(F)(F)F)s3)ccc2c1. The molecule has 0 amide bonds. The number of alkyl halides is 3. The number of ether oxygens (including phenoxy) is 2. The Kier molecular flexibility index (Phi) is 7.07. The minimum atomic E-state index is -4.41. The lowest BCUT2D eigenvalue weighted by atomic mass is 10.0. The average Bonchev–Trinajstić information content (AvgIpc) is 3.37. The zero-order chi connectivity index (χ0) is 25.1. The molecule has 188 valence electrons. The molecule has 8 heteroatoms. The van der Waals surface area contributed by atoms with Gasteiger partial charge in [-0.3, -0.25) is 4.90 Å². The predicted octanol–water partition coefficient (Wildman–Crippen LogP) is 7.95. The summed E-state index contributed by atoms with van der Waals surface area (Å²) in [5.41, 5.74) is 0.551. The lowest BCUT2D eigenvalue weighted by Gasteiger charge is -2.26. The molecule has 2 heterocycles. The minimum Gasteiger partial charge on any atom is -0.508 e. The van der Waals surface area contributed by atoms with E-state index < -0.39 is 11.1 Å². The summed E-state index contributed by atoms with van der Waals surface area (Å²) < 4.78 is 51.8. The van der Waals surface area contributed by atoms with Crippen LogP contribution in [0.25, 0.3) is 21.2 Å². The number of hydrogen-bond acceptors (Lipinski definition) is 5. The highest BCUT2D eigenvalue weighted by molar-refractivity contribution is 7.15. The maximum atomic E-state index is 13.2. The van der Waals surface area contributed by atoms with Crippen LogP contribution < -0.4 is 9.47 Å². The molecule has 1 N–H and O–H groups in total. The smallest absolute Gasteiger partial charge is 0.425 e. The third kappa shape index (κ3) is 5.60. The summed E-state index contributed by atoms with van der Waals surface area (Å²) in [5, 5.41) is 11.3. The van der Waals surface area contributed by atoms with Crippen molar-refractivity contribution in [3.05, 3.63) is 71.6 Å². The van der Waals surface area contributed by atoms with Crippen LogP contribution in [0.2, 0.25) is 0 Å². The van der Waals surface area contributed by atoms with Gasteiger partial charge in [0.25, 0.3) is 0 Å².